The molecule has 11 heavy (non-hydrogen) atoms. The van der Waals surface area contributed by atoms with Crippen molar-refractivity contribution in [1.82, 2.24) is 5.32 Å². The van der Waals surface area contributed by atoms with E-state index >= 15 is 0 Å². The lowest BCUT2D eigenvalue weighted by atomic mass is 9.88. The van der Waals surface area contributed by atoms with Crippen LogP contribution < -0.4 is 5.32 Å². The standard InChI is InChI=1S/C8H16N2O/c1-8(2,4-3-5-11)6-10-7-9/h10-11H,3-6H2,1-2H3. The lowest BCUT2D eigenvalue weighted by Crippen LogP contribution is -2.26. The molecule has 0 aliphatic rings. The van der Waals surface area contributed by atoms with E-state index in [0.717, 1.165) is 12.8 Å². The van der Waals surface area contributed by atoms with Crippen LogP contribution in [0.2, 0.25) is 0 Å². The van der Waals surface area contributed by atoms with Gasteiger partial charge in [0.15, 0.2) is 6.19 Å². The van der Waals surface area contributed by atoms with Gasteiger partial charge in [0.1, 0.15) is 0 Å². The van der Waals surface area contributed by atoms with Crippen molar-refractivity contribution in [3.8, 4) is 6.19 Å². The third-order valence-corrected chi connectivity index (χ3v) is 1.66. The Bertz CT molecular complexity index is 138. The van der Waals surface area contributed by atoms with Crippen LogP contribution in [0.5, 0.6) is 0 Å². The van der Waals surface area contributed by atoms with E-state index in [1.54, 1.807) is 0 Å². The highest BCUT2D eigenvalue weighted by molar-refractivity contribution is 4.76. The number of aliphatic hydroxyl groups is 1. The molecule has 0 rings (SSSR count). The van der Waals surface area contributed by atoms with E-state index < -0.39 is 0 Å². The molecule has 3 heteroatoms. The molecule has 0 aliphatic carbocycles. The fourth-order valence-electron chi connectivity index (χ4n) is 0.925. The van der Waals surface area contributed by atoms with Gasteiger partial charge in [0.2, 0.25) is 0 Å². The first-order chi connectivity index (χ1) is 5.12. The normalized spacial score (nSPS) is 10.7. The zero-order chi connectivity index (χ0) is 8.74. The Morgan fingerprint density at radius 1 is 1.55 bits per heavy atom. The second kappa shape index (κ2) is 4.97. The third kappa shape index (κ3) is 5.68. The SMILES string of the molecule is CC(C)(CCCO)CNC#N. The summed E-state index contributed by atoms with van der Waals surface area (Å²) >= 11 is 0. The van der Waals surface area contributed by atoms with E-state index in [0.29, 0.717) is 6.54 Å². The van der Waals surface area contributed by atoms with Gasteiger partial charge in [-0.2, -0.15) is 5.26 Å². The molecule has 0 unspecified atom stereocenters. The molecule has 0 aliphatic heterocycles. The summed E-state index contributed by atoms with van der Waals surface area (Å²) in [5, 5.41) is 19.4. The minimum Gasteiger partial charge on any atom is -0.396 e. The van der Waals surface area contributed by atoms with Crippen molar-refractivity contribution in [2.24, 2.45) is 5.41 Å². The number of nitrogens with zero attached hydrogens (tertiary/aromatic N) is 1. The van der Waals surface area contributed by atoms with Crippen molar-refractivity contribution in [2.45, 2.75) is 26.7 Å². The van der Waals surface area contributed by atoms with Crippen LogP contribution in [0.25, 0.3) is 0 Å². The maximum Gasteiger partial charge on any atom is 0.176 e. The fraction of sp³-hybridized carbons (Fsp3) is 0.875. The summed E-state index contributed by atoms with van der Waals surface area (Å²) in [6, 6.07) is 0. The van der Waals surface area contributed by atoms with Crippen molar-refractivity contribution in [2.75, 3.05) is 13.2 Å². The summed E-state index contributed by atoms with van der Waals surface area (Å²) in [6.07, 6.45) is 3.64. The van der Waals surface area contributed by atoms with Crippen molar-refractivity contribution in [1.29, 1.82) is 5.26 Å². The van der Waals surface area contributed by atoms with E-state index in [9.17, 15) is 0 Å². The Hall–Kier alpha value is -0.750. The van der Waals surface area contributed by atoms with Gasteiger partial charge in [0.05, 0.1) is 0 Å². The summed E-state index contributed by atoms with van der Waals surface area (Å²) in [7, 11) is 0. The number of rotatable bonds is 5. The van der Waals surface area contributed by atoms with Gasteiger partial charge in [-0.3, -0.25) is 0 Å². The summed E-state index contributed by atoms with van der Waals surface area (Å²) in [5.74, 6) is 0. The van der Waals surface area contributed by atoms with Crippen molar-refractivity contribution in [3.63, 3.8) is 0 Å². The van der Waals surface area contributed by atoms with Crippen LogP contribution in [0, 0.1) is 16.9 Å². The molecule has 0 bridgehead atoms. The van der Waals surface area contributed by atoms with Crippen LogP contribution in [0.1, 0.15) is 26.7 Å². The molecule has 0 saturated heterocycles. The lowest BCUT2D eigenvalue weighted by molar-refractivity contribution is 0.241. The van der Waals surface area contributed by atoms with E-state index in [2.05, 4.69) is 19.2 Å². The maximum absolute atomic E-state index is 8.57. The highest BCUT2D eigenvalue weighted by Gasteiger charge is 2.15. The quantitative estimate of drug-likeness (QED) is 0.458. The largest absolute Gasteiger partial charge is 0.396 e. The van der Waals surface area contributed by atoms with Crippen LogP contribution in [0.15, 0.2) is 0 Å². The van der Waals surface area contributed by atoms with Gasteiger partial charge < -0.3 is 10.4 Å². The molecule has 64 valence electrons. The molecule has 2 N–H and O–H groups in total. The van der Waals surface area contributed by atoms with Crippen LogP contribution in [0.3, 0.4) is 0 Å². The average molecular weight is 156 g/mol. The van der Waals surface area contributed by atoms with E-state index in [-0.39, 0.29) is 12.0 Å². The fourth-order valence-corrected chi connectivity index (χ4v) is 0.925. The third-order valence-electron chi connectivity index (χ3n) is 1.66. The molecule has 0 heterocycles. The molecule has 0 aromatic rings. The predicted octanol–water partition coefficient (Wildman–Crippen LogP) is 0.856. The monoisotopic (exact) mass is 156 g/mol. The first kappa shape index (κ1) is 10.2. The summed E-state index contributed by atoms with van der Waals surface area (Å²) in [4.78, 5) is 0. The predicted molar refractivity (Wildman–Crippen MR) is 43.7 cm³/mol. The topological polar surface area (TPSA) is 56.0 Å². The molecule has 0 atom stereocenters. The zero-order valence-corrected chi connectivity index (χ0v) is 7.22. The van der Waals surface area contributed by atoms with Gasteiger partial charge in [0.25, 0.3) is 0 Å². The van der Waals surface area contributed by atoms with Crippen LogP contribution >= 0.6 is 0 Å². The molecule has 0 radical (unpaired) electrons. The second-order valence-electron chi connectivity index (χ2n) is 3.46. The summed E-state index contributed by atoms with van der Waals surface area (Å²) in [5.41, 5.74) is 0.110. The summed E-state index contributed by atoms with van der Waals surface area (Å²) < 4.78 is 0. The minimum atomic E-state index is 0.110. The number of hydrogen-bond donors (Lipinski definition) is 2. The number of hydrogen-bond acceptors (Lipinski definition) is 3. The number of nitriles is 1. The van der Waals surface area contributed by atoms with Crippen molar-refractivity contribution >= 4 is 0 Å². The van der Waals surface area contributed by atoms with Crippen molar-refractivity contribution in [3.05, 3.63) is 0 Å². The first-order valence-electron chi connectivity index (χ1n) is 3.85. The number of aliphatic hydroxyl groups excluding tert-OH is 1. The molecule has 0 amide bonds. The van der Waals surface area contributed by atoms with E-state index in [4.69, 9.17) is 10.4 Å². The molecule has 0 aromatic carbocycles. The smallest absolute Gasteiger partial charge is 0.176 e. The highest BCUT2D eigenvalue weighted by atomic mass is 16.2. The second-order valence-corrected chi connectivity index (χ2v) is 3.46. The molecular formula is C8H16N2O. The van der Waals surface area contributed by atoms with Gasteiger partial charge in [-0.05, 0) is 18.3 Å². The Balaban J connectivity index is 3.54. The highest BCUT2D eigenvalue weighted by Crippen LogP contribution is 2.20. The lowest BCUT2D eigenvalue weighted by Gasteiger charge is -2.22. The maximum atomic E-state index is 8.57. The van der Waals surface area contributed by atoms with Crippen molar-refractivity contribution < 1.29 is 5.11 Å². The van der Waals surface area contributed by atoms with Gasteiger partial charge in [-0.15, -0.1) is 0 Å². The van der Waals surface area contributed by atoms with Crippen LogP contribution in [-0.2, 0) is 0 Å². The minimum absolute atomic E-state index is 0.110. The molecule has 0 saturated carbocycles. The van der Waals surface area contributed by atoms with Gasteiger partial charge in [-0.1, -0.05) is 13.8 Å². The van der Waals surface area contributed by atoms with Gasteiger partial charge >= 0.3 is 0 Å². The molecular weight excluding hydrogens is 140 g/mol. The average Bonchev–Trinajstić information content (AvgIpc) is 1.97. The van der Waals surface area contributed by atoms with Crippen LogP contribution in [0.4, 0.5) is 0 Å². The number of nitrogens with one attached hydrogen (secondary N) is 1. The van der Waals surface area contributed by atoms with E-state index in [1.807, 2.05) is 6.19 Å². The Kier molecular flexibility index (Phi) is 4.64. The molecule has 0 spiro atoms. The Labute approximate surface area is 68.0 Å². The molecule has 0 aromatic heterocycles. The molecule has 0 fully saturated rings. The van der Waals surface area contributed by atoms with Crippen LogP contribution in [-0.4, -0.2) is 18.3 Å². The first-order valence-corrected chi connectivity index (χ1v) is 3.85. The van der Waals surface area contributed by atoms with Gasteiger partial charge in [-0.25, -0.2) is 0 Å². The van der Waals surface area contributed by atoms with E-state index in [1.165, 1.54) is 0 Å². The summed E-state index contributed by atoms with van der Waals surface area (Å²) in [6.45, 7) is 5.07. The molecule has 3 nitrogen and oxygen atoms in total. The zero-order valence-electron chi connectivity index (χ0n) is 7.22. The van der Waals surface area contributed by atoms with Gasteiger partial charge in [0, 0.05) is 13.2 Å². The Morgan fingerprint density at radius 2 is 2.18 bits per heavy atom. The Morgan fingerprint density at radius 3 is 2.64 bits per heavy atom.